The molecule has 1 unspecified atom stereocenters. The quantitative estimate of drug-likeness (QED) is 0.887. The molecule has 1 aromatic carbocycles. The number of methoxy groups -OCH3 is 1. The molecule has 1 aliphatic rings. The van der Waals surface area contributed by atoms with E-state index >= 15 is 0 Å². The normalized spacial score (nSPS) is 18.2. The first-order chi connectivity index (χ1) is 9.19. The Hall–Kier alpha value is -1.95. The monoisotopic (exact) mass is 262 g/mol. The van der Waals surface area contributed by atoms with Gasteiger partial charge in [0.1, 0.15) is 17.4 Å². The molecule has 0 fully saturated rings. The smallest absolute Gasteiger partial charge is 0.166 e. The highest BCUT2D eigenvalue weighted by molar-refractivity contribution is 5.58. The minimum atomic E-state index is -0.367. The summed E-state index contributed by atoms with van der Waals surface area (Å²) in [5, 5.41) is 8.21. The molecule has 0 amide bonds. The van der Waals surface area contributed by atoms with Crippen molar-refractivity contribution in [2.24, 2.45) is 5.73 Å². The first-order valence-corrected chi connectivity index (χ1v) is 6.20. The van der Waals surface area contributed by atoms with Crippen LogP contribution in [-0.2, 0) is 13.0 Å². The van der Waals surface area contributed by atoms with E-state index in [0.29, 0.717) is 23.7 Å². The van der Waals surface area contributed by atoms with Crippen molar-refractivity contribution < 1.29 is 9.13 Å². The zero-order valence-electron chi connectivity index (χ0n) is 10.6. The Morgan fingerprint density at radius 1 is 1.42 bits per heavy atom. The zero-order valence-corrected chi connectivity index (χ0v) is 10.6. The SMILES string of the molecule is COc1ccc(-c2nnc3n2CC(N)CC3)c(F)c1. The maximum atomic E-state index is 14.1. The number of benzene rings is 1. The molecule has 0 saturated carbocycles. The maximum Gasteiger partial charge on any atom is 0.166 e. The zero-order chi connectivity index (χ0) is 13.4. The molecule has 0 spiro atoms. The summed E-state index contributed by atoms with van der Waals surface area (Å²) in [5.74, 6) is 1.52. The van der Waals surface area contributed by atoms with Crippen LogP contribution in [0.5, 0.6) is 5.75 Å². The number of aromatic nitrogens is 3. The second-order valence-corrected chi connectivity index (χ2v) is 4.69. The number of nitrogens with two attached hydrogens (primary N) is 1. The summed E-state index contributed by atoms with van der Waals surface area (Å²) < 4.78 is 21.0. The first-order valence-electron chi connectivity index (χ1n) is 6.20. The van der Waals surface area contributed by atoms with E-state index in [2.05, 4.69) is 10.2 Å². The number of hydrogen-bond acceptors (Lipinski definition) is 4. The molecular weight excluding hydrogens is 247 g/mol. The summed E-state index contributed by atoms with van der Waals surface area (Å²) in [4.78, 5) is 0. The molecule has 19 heavy (non-hydrogen) atoms. The van der Waals surface area contributed by atoms with Crippen molar-refractivity contribution >= 4 is 0 Å². The molecule has 0 radical (unpaired) electrons. The lowest BCUT2D eigenvalue weighted by molar-refractivity contribution is 0.411. The molecule has 6 heteroatoms. The van der Waals surface area contributed by atoms with Gasteiger partial charge in [-0.2, -0.15) is 0 Å². The van der Waals surface area contributed by atoms with Crippen molar-refractivity contribution in [1.82, 2.24) is 14.8 Å². The molecule has 5 nitrogen and oxygen atoms in total. The number of fused-ring (bicyclic) bond motifs is 1. The predicted molar refractivity (Wildman–Crippen MR) is 68.3 cm³/mol. The molecule has 0 saturated heterocycles. The Bertz CT molecular complexity index is 611. The van der Waals surface area contributed by atoms with Crippen molar-refractivity contribution in [3.8, 4) is 17.1 Å². The van der Waals surface area contributed by atoms with Gasteiger partial charge in [-0.3, -0.25) is 0 Å². The summed E-state index contributed by atoms with van der Waals surface area (Å²) in [6.07, 6.45) is 1.68. The van der Waals surface area contributed by atoms with Gasteiger partial charge in [0.15, 0.2) is 5.82 Å². The minimum absolute atomic E-state index is 0.0727. The van der Waals surface area contributed by atoms with Crippen molar-refractivity contribution in [2.45, 2.75) is 25.4 Å². The maximum absolute atomic E-state index is 14.1. The third kappa shape index (κ3) is 2.08. The van der Waals surface area contributed by atoms with Gasteiger partial charge in [0.25, 0.3) is 0 Å². The Morgan fingerprint density at radius 3 is 3.00 bits per heavy atom. The van der Waals surface area contributed by atoms with Gasteiger partial charge in [-0.15, -0.1) is 10.2 Å². The van der Waals surface area contributed by atoms with E-state index in [1.54, 1.807) is 12.1 Å². The van der Waals surface area contributed by atoms with Crippen LogP contribution in [0.15, 0.2) is 18.2 Å². The third-order valence-electron chi connectivity index (χ3n) is 3.40. The fourth-order valence-electron chi connectivity index (χ4n) is 2.36. The average Bonchev–Trinajstić information content (AvgIpc) is 2.81. The van der Waals surface area contributed by atoms with E-state index < -0.39 is 0 Å². The molecule has 0 aliphatic carbocycles. The first kappa shape index (κ1) is 12.1. The van der Waals surface area contributed by atoms with E-state index in [0.717, 1.165) is 18.7 Å². The van der Waals surface area contributed by atoms with E-state index in [-0.39, 0.29) is 11.9 Å². The lowest BCUT2D eigenvalue weighted by Crippen LogP contribution is -2.32. The fraction of sp³-hybridized carbons (Fsp3) is 0.385. The highest BCUT2D eigenvalue weighted by Crippen LogP contribution is 2.27. The Morgan fingerprint density at radius 2 is 2.26 bits per heavy atom. The number of ether oxygens (including phenoxy) is 1. The van der Waals surface area contributed by atoms with Crippen molar-refractivity contribution in [1.29, 1.82) is 0 Å². The number of nitrogens with zero attached hydrogens (tertiary/aromatic N) is 3. The van der Waals surface area contributed by atoms with Gasteiger partial charge in [0.2, 0.25) is 0 Å². The highest BCUT2D eigenvalue weighted by atomic mass is 19.1. The van der Waals surface area contributed by atoms with E-state index in [9.17, 15) is 4.39 Å². The van der Waals surface area contributed by atoms with Crippen LogP contribution in [0.1, 0.15) is 12.2 Å². The lowest BCUT2D eigenvalue weighted by Gasteiger charge is -2.20. The minimum Gasteiger partial charge on any atom is -0.497 e. The van der Waals surface area contributed by atoms with Crippen LogP contribution in [0, 0.1) is 5.82 Å². The predicted octanol–water partition coefficient (Wildman–Crippen LogP) is 1.37. The van der Waals surface area contributed by atoms with Gasteiger partial charge in [-0.25, -0.2) is 4.39 Å². The summed E-state index contributed by atoms with van der Waals surface area (Å²) in [5.41, 5.74) is 6.37. The number of halogens is 1. The van der Waals surface area contributed by atoms with E-state index in [1.807, 2.05) is 4.57 Å². The molecular formula is C13H15FN4O. The van der Waals surface area contributed by atoms with Gasteiger partial charge < -0.3 is 15.0 Å². The number of rotatable bonds is 2. The van der Waals surface area contributed by atoms with Gasteiger partial charge in [0, 0.05) is 25.1 Å². The summed E-state index contributed by atoms with van der Waals surface area (Å²) in [6, 6.07) is 4.79. The molecule has 2 N–H and O–H groups in total. The standard InChI is InChI=1S/C13H15FN4O/c1-19-9-3-4-10(11(14)6-9)13-17-16-12-5-2-8(15)7-18(12)13/h3-4,6,8H,2,5,7,15H2,1H3. The Balaban J connectivity index is 2.05. The van der Waals surface area contributed by atoms with Crippen LogP contribution in [0.2, 0.25) is 0 Å². The number of aryl methyl sites for hydroxylation is 1. The van der Waals surface area contributed by atoms with Crippen LogP contribution >= 0.6 is 0 Å². The molecule has 100 valence electrons. The molecule has 2 aromatic rings. The fourth-order valence-corrected chi connectivity index (χ4v) is 2.36. The molecule has 1 aromatic heterocycles. The third-order valence-corrected chi connectivity index (χ3v) is 3.40. The lowest BCUT2D eigenvalue weighted by atomic mass is 10.1. The second-order valence-electron chi connectivity index (χ2n) is 4.69. The van der Waals surface area contributed by atoms with Crippen LogP contribution in [0.4, 0.5) is 4.39 Å². The van der Waals surface area contributed by atoms with Gasteiger partial charge >= 0.3 is 0 Å². The van der Waals surface area contributed by atoms with Gasteiger partial charge in [-0.1, -0.05) is 0 Å². The second kappa shape index (κ2) is 4.62. The van der Waals surface area contributed by atoms with Crippen LogP contribution in [-0.4, -0.2) is 27.9 Å². The summed E-state index contributed by atoms with van der Waals surface area (Å²) in [6.45, 7) is 0.628. The number of hydrogen-bond donors (Lipinski definition) is 1. The van der Waals surface area contributed by atoms with Gasteiger partial charge in [0.05, 0.1) is 12.7 Å². The largest absolute Gasteiger partial charge is 0.497 e. The van der Waals surface area contributed by atoms with Gasteiger partial charge in [-0.05, 0) is 18.6 Å². The van der Waals surface area contributed by atoms with Crippen LogP contribution < -0.4 is 10.5 Å². The summed E-state index contributed by atoms with van der Waals surface area (Å²) >= 11 is 0. The molecule has 3 rings (SSSR count). The van der Waals surface area contributed by atoms with Crippen molar-refractivity contribution in [3.05, 3.63) is 29.8 Å². The molecule has 1 atom stereocenters. The molecule has 0 bridgehead atoms. The van der Waals surface area contributed by atoms with Crippen molar-refractivity contribution in [2.75, 3.05) is 7.11 Å². The van der Waals surface area contributed by atoms with E-state index in [4.69, 9.17) is 10.5 Å². The van der Waals surface area contributed by atoms with Crippen molar-refractivity contribution in [3.63, 3.8) is 0 Å². The van der Waals surface area contributed by atoms with E-state index in [1.165, 1.54) is 13.2 Å². The van der Waals surface area contributed by atoms with Crippen LogP contribution in [0.25, 0.3) is 11.4 Å². The Kier molecular flexibility index (Phi) is 2.94. The topological polar surface area (TPSA) is 66.0 Å². The highest BCUT2D eigenvalue weighted by Gasteiger charge is 2.22. The van der Waals surface area contributed by atoms with Crippen LogP contribution in [0.3, 0.4) is 0 Å². The Labute approximate surface area is 110 Å². The summed E-state index contributed by atoms with van der Waals surface area (Å²) in [7, 11) is 1.51. The average molecular weight is 262 g/mol. The molecule has 2 heterocycles. The molecule has 1 aliphatic heterocycles.